The predicted molar refractivity (Wildman–Crippen MR) is 119 cm³/mol. The number of aryl methyl sites for hydroxylation is 2. The Bertz CT molecular complexity index is 1040. The van der Waals surface area contributed by atoms with Gasteiger partial charge in [-0.15, -0.1) is 5.10 Å². The Kier molecular flexibility index (Phi) is 6.24. The molecule has 0 bridgehead atoms. The molecule has 31 heavy (non-hydrogen) atoms. The highest BCUT2D eigenvalue weighted by Crippen LogP contribution is 2.24. The van der Waals surface area contributed by atoms with Crippen LogP contribution in [-0.2, 0) is 22.9 Å². The van der Waals surface area contributed by atoms with Crippen LogP contribution in [0.5, 0.6) is 0 Å². The maximum Gasteiger partial charge on any atom is 0.253 e. The number of piperazine rings is 1. The van der Waals surface area contributed by atoms with E-state index in [9.17, 15) is 13.2 Å². The number of amides is 1. The number of fused-ring (bicyclic) bond motifs is 1. The summed E-state index contributed by atoms with van der Waals surface area (Å²) in [6.07, 6.45) is 3.22. The Labute approximate surface area is 183 Å². The van der Waals surface area contributed by atoms with Gasteiger partial charge >= 0.3 is 0 Å². The molecule has 1 aliphatic heterocycles. The summed E-state index contributed by atoms with van der Waals surface area (Å²) in [5, 5.41) is 8.74. The molecule has 0 radical (unpaired) electrons. The Balaban J connectivity index is 1.40. The molecule has 1 fully saturated rings. The number of nitrogens with zero attached hydrogens (tertiary/aromatic N) is 5. The van der Waals surface area contributed by atoms with E-state index in [2.05, 4.69) is 21.2 Å². The summed E-state index contributed by atoms with van der Waals surface area (Å²) in [6.45, 7) is 7.05. The highest BCUT2D eigenvalue weighted by atomic mass is 32.2. The molecule has 2 aliphatic rings. The number of sulfonamides is 1. The highest BCUT2D eigenvalue weighted by molar-refractivity contribution is 7.89. The first-order valence-corrected chi connectivity index (χ1v) is 12.4. The molecule has 1 aromatic heterocycles. The third-order valence-electron chi connectivity index (χ3n) is 6.14. The van der Waals surface area contributed by atoms with E-state index in [4.69, 9.17) is 0 Å². The first-order valence-electron chi connectivity index (χ1n) is 10.9. The maximum atomic E-state index is 12.9. The van der Waals surface area contributed by atoms with Crippen LogP contribution in [0.25, 0.3) is 0 Å². The van der Waals surface area contributed by atoms with E-state index >= 15 is 0 Å². The van der Waals surface area contributed by atoms with E-state index in [1.165, 1.54) is 22.0 Å². The van der Waals surface area contributed by atoms with Gasteiger partial charge in [0.15, 0.2) is 5.82 Å². The highest BCUT2D eigenvalue weighted by Gasteiger charge is 2.26. The molecular weight excluding hydrogens is 414 g/mol. The summed E-state index contributed by atoms with van der Waals surface area (Å²) in [4.78, 5) is 17.1. The van der Waals surface area contributed by atoms with Gasteiger partial charge in [-0.3, -0.25) is 4.79 Å². The van der Waals surface area contributed by atoms with E-state index < -0.39 is 10.0 Å². The van der Waals surface area contributed by atoms with Crippen molar-refractivity contribution in [1.29, 1.82) is 0 Å². The molecule has 0 saturated carbocycles. The van der Waals surface area contributed by atoms with Crippen molar-refractivity contribution in [2.75, 3.05) is 44.2 Å². The number of carbonyl (C=O) groups is 1. The van der Waals surface area contributed by atoms with Crippen molar-refractivity contribution in [3.05, 3.63) is 47.2 Å². The second-order valence-corrected chi connectivity index (χ2v) is 9.86. The number of benzene rings is 1. The standard InChI is InChI=1S/C22H29N5O3S/c1-3-27(4-2)31(29,30)19-10-8-17(9-11-19)22(28)26-14-12-25(13-15-26)21-16-18-6-5-7-20(18)23-24-21/h8-11,16H,3-7,12-15H2,1-2H3. The van der Waals surface area contributed by atoms with E-state index in [0.717, 1.165) is 30.8 Å². The molecular formula is C22H29N5O3S. The fourth-order valence-electron chi connectivity index (χ4n) is 4.27. The molecule has 8 nitrogen and oxygen atoms in total. The molecule has 1 aliphatic carbocycles. The summed E-state index contributed by atoms with van der Waals surface area (Å²) >= 11 is 0. The minimum Gasteiger partial charge on any atom is -0.352 e. The number of hydrogen-bond acceptors (Lipinski definition) is 6. The van der Waals surface area contributed by atoms with Crippen LogP contribution < -0.4 is 4.90 Å². The molecule has 166 valence electrons. The van der Waals surface area contributed by atoms with E-state index in [-0.39, 0.29) is 10.8 Å². The van der Waals surface area contributed by atoms with Gasteiger partial charge in [0.1, 0.15) is 0 Å². The van der Waals surface area contributed by atoms with Crippen molar-refractivity contribution in [3.63, 3.8) is 0 Å². The van der Waals surface area contributed by atoms with Crippen LogP contribution in [0.4, 0.5) is 5.82 Å². The van der Waals surface area contributed by atoms with Gasteiger partial charge in [-0.25, -0.2) is 8.42 Å². The van der Waals surface area contributed by atoms with Crippen molar-refractivity contribution in [3.8, 4) is 0 Å². The lowest BCUT2D eigenvalue weighted by molar-refractivity contribution is 0.0746. The van der Waals surface area contributed by atoms with Gasteiger partial charge in [-0.2, -0.15) is 9.40 Å². The number of anilines is 1. The summed E-state index contributed by atoms with van der Waals surface area (Å²) in [7, 11) is -3.52. The number of rotatable bonds is 6. The van der Waals surface area contributed by atoms with E-state index in [0.29, 0.717) is 44.8 Å². The number of aromatic nitrogens is 2. The van der Waals surface area contributed by atoms with Crippen LogP contribution in [0.15, 0.2) is 35.2 Å². The molecule has 0 unspecified atom stereocenters. The van der Waals surface area contributed by atoms with E-state index in [1.54, 1.807) is 12.1 Å². The van der Waals surface area contributed by atoms with Crippen molar-refractivity contribution in [1.82, 2.24) is 19.4 Å². The topological polar surface area (TPSA) is 86.7 Å². The fraction of sp³-hybridized carbons (Fsp3) is 0.500. The summed E-state index contributed by atoms with van der Waals surface area (Å²) in [5.41, 5.74) is 2.91. The summed E-state index contributed by atoms with van der Waals surface area (Å²) in [6, 6.07) is 8.41. The SMILES string of the molecule is CCN(CC)S(=O)(=O)c1ccc(C(=O)N2CCN(c3cc4c(nn3)CCC4)CC2)cc1. The lowest BCUT2D eigenvalue weighted by atomic mass is 10.1. The second-order valence-electron chi connectivity index (χ2n) is 7.92. The lowest BCUT2D eigenvalue weighted by Gasteiger charge is -2.35. The van der Waals surface area contributed by atoms with Crippen LogP contribution in [0.2, 0.25) is 0 Å². The molecule has 1 saturated heterocycles. The van der Waals surface area contributed by atoms with E-state index in [1.807, 2.05) is 18.7 Å². The van der Waals surface area contributed by atoms with Crippen molar-refractivity contribution in [2.24, 2.45) is 0 Å². The van der Waals surface area contributed by atoms with Crippen LogP contribution in [0.1, 0.15) is 41.9 Å². The Hall–Kier alpha value is -2.52. The fourth-order valence-corrected chi connectivity index (χ4v) is 5.73. The van der Waals surface area contributed by atoms with Crippen molar-refractivity contribution >= 4 is 21.7 Å². The lowest BCUT2D eigenvalue weighted by Crippen LogP contribution is -2.49. The van der Waals surface area contributed by atoms with Crippen LogP contribution in [0.3, 0.4) is 0 Å². The molecule has 1 amide bonds. The largest absolute Gasteiger partial charge is 0.352 e. The molecule has 0 spiro atoms. The predicted octanol–water partition coefficient (Wildman–Crippen LogP) is 1.96. The molecule has 4 rings (SSSR count). The molecule has 0 atom stereocenters. The van der Waals surface area contributed by atoms with Crippen molar-refractivity contribution in [2.45, 2.75) is 38.0 Å². The monoisotopic (exact) mass is 443 g/mol. The quantitative estimate of drug-likeness (QED) is 0.678. The Morgan fingerprint density at radius 2 is 1.68 bits per heavy atom. The molecule has 2 aromatic rings. The summed E-state index contributed by atoms with van der Waals surface area (Å²) < 4.78 is 26.7. The molecule has 2 heterocycles. The smallest absolute Gasteiger partial charge is 0.253 e. The van der Waals surface area contributed by atoms with Gasteiger partial charge in [0.25, 0.3) is 5.91 Å². The zero-order valence-electron chi connectivity index (χ0n) is 18.1. The second kappa shape index (κ2) is 8.92. The molecule has 1 aromatic carbocycles. The number of hydrogen-bond donors (Lipinski definition) is 0. The maximum absolute atomic E-state index is 12.9. The van der Waals surface area contributed by atoms with Gasteiger partial charge in [0, 0.05) is 44.8 Å². The first kappa shape index (κ1) is 21.7. The van der Waals surface area contributed by atoms with Gasteiger partial charge in [0.2, 0.25) is 10.0 Å². The van der Waals surface area contributed by atoms with Gasteiger partial charge in [0.05, 0.1) is 10.6 Å². The van der Waals surface area contributed by atoms with Crippen molar-refractivity contribution < 1.29 is 13.2 Å². The average molecular weight is 444 g/mol. The van der Waals surface area contributed by atoms with Gasteiger partial charge in [-0.1, -0.05) is 13.8 Å². The molecule has 0 N–H and O–H groups in total. The van der Waals surface area contributed by atoms with Crippen LogP contribution >= 0.6 is 0 Å². The normalized spacial score (nSPS) is 16.6. The third-order valence-corrected chi connectivity index (χ3v) is 8.21. The minimum atomic E-state index is -3.52. The number of carbonyl (C=O) groups excluding carboxylic acids is 1. The Morgan fingerprint density at radius 1 is 1.00 bits per heavy atom. The third kappa shape index (κ3) is 4.29. The van der Waals surface area contributed by atoms with Crippen LogP contribution in [-0.4, -0.2) is 73.0 Å². The summed E-state index contributed by atoms with van der Waals surface area (Å²) in [5.74, 6) is 0.810. The zero-order chi connectivity index (χ0) is 22.0. The first-order chi connectivity index (χ1) is 14.9. The van der Waals surface area contributed by atoms with Gasteiger partial charge in [-0.05, 0) is 55.2 Å². The minimum absolute atomic E-state index is 0.0773. The Morgan fingerprint density at radius 3 is 2.32 bits per heavy atom. The zero-order valence-corrected chi connectivity index (χ0v) is 18.9. The molecule has 9 heteroatoms. The van der Waals surface area contributed by atoms with Crippen LogP contribution in [0, 0.1) is 0 Å². The van der Waals surface area contributed by atoms with Gasteiger partial charge < -0.3 is 9.80 Å². The average Bonchev–Trinajstić information content (AvgIpc) is 3.27.